The summed E-state index contributed by atoms with van der Waals surface area (Å²) in [5.74, 6) is 1.77. The minimum atomic E-state index is 0.453. The fourth-order valence-corrected chi connectivity index (χ4v) is 1.96. The third-order valence-corrected chi connectivity index (χ3v) is 2.65. The standard InChI is InChI=1S/C12H17BrO2/c1-8(13)5-10-6-11(14-3)9(2)12(7-10)15-4/h6-8H,5H2,1-4H3. The Bertz CT molecular complexity index is 309. The first-order chi connectivity index (χ1) is 7.08. The Balaban J connectivity index is 3.09. The maximum atomic E-state index is 5.31. The zero-order chi connectivity index (χ0) is 11.4. The second-order valence-corrected chi connectivity index (χ2v) is 5.17. The van der Waals surface area contributed by atoms with E-state index >= 15 is 0 Å². The molecule has 1 atom stereocenters. The van der Waals surface area contributed by atoms with Gasteiger partial charge in [0.1, 0.15) is 11.5 Å². The van der Waals surface area contributed by atoms with Crippen molar-refractivity contribution in [3.05, 3.63) is 23.3 Å². The van der Waals surface area contributed by atoms with Gasteiger partial charge in [0.05, 0.1) is 14.2 Å². The molecule has 0 spiro atoms. The van der Waals surface area contributed by atoms with Gasteiger partial charge in [-0.25, -0.2) is 0 Å². The van der Waals surface area contributed by atoms with Crippen LogP contribution in [0.5, 0.6) is 11.5 Å². The van der Waals surface area contributed by atoms with E-state index in [1.807, 2.05) is 6.92 Å². The van der Waals surface area contributed by atoms with E-state index in [4.69, 9.17) is 9.47 Å². The van der Waals surface area contributed by atoms with Gasteiger partial charge in [0.15, 0.2) is 0 Å². The van der Waals surface area contributed by atoms with Crippen molar-refractivity contribution in [3.63, 3.8) is 0 Å². The van der Waals surface area contributed by atoms with E-state index in [1.165, 1.54) is 5.56 Å². The molecular formula is C12H17BrO2. The molecule has 0 heterocycles. The molecule has 1 aromatic carbocycles. The predicted molar refractivity (Wildman–Crippen MR) is 66.4 cm³/mol. The van der Waals surface area contributed by atoms with Crippen LogP contribution in [-0.4, -0.2) is 19.0 Å². The first kappa shape index (κ1) is 12.4. The van der Waals surface area contributed by atoms with Gasteiger partial charge < -0.3 is 9.47 Å². The van der Waals surface area contributed by atoms with Gasteiger partial charge in [-0.2, -0.15) is 0 Å². The van der Waals surface area contributed by atoms with Crippen molar-refractivity contribution in [2.24, 2.45) is 0 Å². The second kappa shape index (κ2) is 5.40. The van der Waals surface area contributed by atoms with E-state index in [-0.39, 0.29) is 0 Å². The maximum Gasteiger partial charge on any atom is 0.125 e. The average molecular weight is 273 g/mol. The van der Waals surface area contributed by atoms with Crippen molar-refractivity contribution in [3.8, 4) is 11.5 Å². The number of alkyl halides is 1. The minimum absolute atomic E-state index is 0.453. The fourth-order valence-electron chi connectivity index (χ4n) is 1.58. The Hall–Kier alpha value is -0.700. The summed E-state index contributed by atoms with van der Waals surface area (Å²) in [7, 11) is 3.37. The summed E-state index contributed by atoms with van der Waals surface area (Å²) in [6, 6.07) is 4.13. The zero-order valence-electron chi connectivity index (χ0n) is 9.63. The molecule has 1 unspecified atom stereocenters. The lowest BCUT2D eigenvalue weighted by atomic mass is 10.1. The molecular weight excluding hydrogens is 256 g/mol. The summed E-state index contributed by atoms with van der Waals surface area (Å²) in [6.45, 7) is 4.12. The third kappa shape index (κ3) is 3.13. The average Bonchev–Trinajstić information content (AvgIpc) is 2.19. The van der Waals surface area contributed by atoms with Crippen molar-refractivity contribution < 1.29 is 9.47 Å². The van der Waals surface area contributed by atoms with Crippen LogP contribution in [0.4, 0.5) is 0 Å². The van der Waals surface area contributed by atoms with Gasteiger partial charge in [0.2, 0.25) is 0 Å². The topological polar surface area (TPSA) is 18.5 Å². The molecule has 0 radical (unpaired) electrons. The largest absolute Gasteiger partial charge is 0.496 e. The molecule has 15 heavy (non-hydrogen) atoms. The quantitative estimate of drug-likeness (QED) is 0.783. The molecule has 0 amide bonds. The summed E-state index contributed by atoms with van der Waals surface area (Å²) < 4.78 is 10.6. The molecule has 0 aromatic heterocycles. The molecule has 3 heteroatoms. The van der Waals surface area contributed by atoms with Gasteiger partial charge in [-0.15, -0.1) is 0 Å². The molecule has 1 rings (SSSR count). The minimum Gasteiger partial charge on any atom is -0.496 e. The molecule has 1 aromatic rings. The number of hydrogen-bond acceptors (Lipinski definition) is 2. The van der Waals surface area contributed by atoms with E-state index in [0.29, 0.717) is 4.83 Å². The second-order valence-electron chi connectivity index (χ2n) is 3.61. The Labute approximate surface area is 99.7 Å². The van der Waals surface area contributed by atoms with Crippen LogP contribution in [0.3, 0.4) is 0 Å². The van der Waals surface area contributed by atoms with Gasteiger partial charge in [0, 0.05) is 10.4 Å². The van der Waals surface area contributed by atoms with Gasteiger partial charge in [0.25, 0.3) is 0 Å². The van der Waals surface area contributed by atoms with Crippen molar-refractivity contribution in [2.75, 3.05) is 14.2 Å². The maximum absolute atomic E-state index is 5.31. The van der Waals surface area contributed by atoms with Gasteiger partial charge in [-0.1, -0.05) is 22.9 Å². The summed E-state index contributed by atoms with van der Waals surface area (Å²) in [5, 5.41) is 0. The van der Waals surface area contributed by atoms with Crippen LogP contribution in [0.15, 0.2) is 12.1 Å². The summed E-state index contributed by atoms with van der Waals surface area (Å²) in [5.41, 5.74) is 2.27. The number of ether oxygens (including phenoxy) is 2. The molecule has 0 saturated carbocycles. The van der Waals surface area contributed by atoms with Crippen LogP contribution < -0.4 is 9.47 Å². The van der Waals surface area contributed by atoms with Crippen LogP contribution >= 0.6 is 15.9 Å². The van der Waals surface area contributed by atoms with Gasteiger partial charge >= 0.3 is 0 Å². The van der Waals surface area contributed by atoms with Crippen LogP contribution in [0.2, 0.25) is 0 Å². The van der Waals surface area contributed by atoms with Crippen molar-refractivity contribution in [1.82, 2.24) is 0 Å². The predicted octanol–water partition coefficient (Wildman–Crippen LogP) is 3.34. The highest BCUT2D eigenvalue weighted by Crippen LogP contribution is 2.30. The van der Waals surface area contributed by atoms with E-state index in [1.54, 1.807) is 14.2 Å². The van der Waals surface area contributed by atoms with Crippen molar-refractivity contribution in [1.29, 1.82) is 0 Å². The SMILES string of the molecule is COc1cc(CC(C)Br)cc(OC)c1C. The highest BCUT2D eigenvalue weighted by molar-refractivity contribution is 9.09. The zero-order valence-corrected chi connectivity index (χ0v) is 11.2. The van der Waals surface area contributed by atoms with Crippen LogP contribution in [0, 0.1) is 6.92 Å². The van der Waals surface area contributed by atoms with Gasteiger partial charge in [-0.05, 0) is 31.0 Å². The van der Waals surface area contributed by atoms with E-state index in [0.717, 1.165) is 23.5 Å². The molecule has 0 fully saturated rings. The number of rotatable bonds is 4. The highest BCUT2D eigenvalue weighted by Gasteiger charge is 2.09. The number of methoxy groups -OCH3 is 2. The lowest BCUT2D eigenvalue weighted by Gasteiger charge is -2.13. The monoisotopic (exact) mass is 272 g/mol. The fraction of sp³-hybridized carbons (Fsp3) is 0.500. The highest BCUT2D eigenvalue weighted by atomic mass is 79.9. The van der Waals surface area contributed by atoms with Gasteiger partial charge in [-0.3, -0.25) is 0 Å². The molecule has 2 nitrogen and oxygen atoms in total. The number of halogens is 1. The third-order valence-electron chi connectivity index (χ3n) is 2.33. The van der Waals surface area contributed by atoms with Crippen LogP contribution in [0.1, 0.15) is 18.1 Å². The van der Waals surface area contributed by atoms with E-state index in [9.17, 15) is 0 Å². The van der Waals surface area contributed by atoms with Crippen LogP contribution in [-0.2, 0) is 6.42 Å². The Morgan fingerprint density at radius 2 is 1.67 bits per heavy atom. The Morgan fingerprint density at radius 1 is 1.20 bits per heavy atom. The molecule has 0 aliphatic heterocycles. The van der Waals surface area contributed by atoms with E-state index in [2.05, 4.69) is 35.0 Å². The summed E-state index contributed by atoms with van der Waals surface area (Å²) in [6.07, 6.45) is 0.965. The molecule has 84 valence electrons. The molecule has 0 saturated heterocycles. The number of hydrogen-bond donors (Lipinski definition) is 0. The first-order valence-corrected chi connectivity index (χ1v) is 5.85. The molecule has 0 aliphatic rings. The normalized spacial score (nSPS) is 12.3. The summed E-state index contributed by atoms with van der Waals surface area (Å²) >= 11 is 3.54. The lowest BCUT2D eigenvalue weighted by molar-refractivity contribution is 0.388. The van der Waals surface area contributed by atoms with Crippen molar-refractivity contribution >= 4 is 15.9 Å². The smallest absolute Gasteiger partial charge is 0.125 e. The Kier molecular flexibility index (Phi) is 4.45. The lowest BCUT2D eigenvalue weighted by Crippen LogP contribution is -2.00. The van der Waals surface area contributed by atoms with E-state index < -0.39 is 0 Å². The molecule has 0 N–H and O–H groups in total. The number of benzene rings is 1. The summed E-state index contributed by atoms with van der Waals surface area (Å²) in [4.78, 5) is 0.453. The van der Waals surface area contributed by atoms with Crippen LogP contribution in [0.25, 0.3) is 0 Å². The molecule has 0 bridgehead atoms. The first-order valence-electron chi connectivity index (χ1n) is 4.94. The Morgan fingerprint density at radius 3 is 2.00 bits per heavy atom. The van der Waals surface area contributed by atoms with Crippen molar-refractivity contribution in [2.45, 2.75) is 25.1 Å². The molecule has 0 aliphatic carbocycles.